The molecule has 2 fully saturated rings. The highest BCUT2D eigenvalue weighted by Crippen LogP contribution is 2.45. The topological polar surface area (TPSA) is 46.3 Å². The third kappa shape index (κ3) is 1.79. The second-order valence-electron chi connectivity index (χ2n) is 6.35. The molecule has 2 saturated carbocycles. The van der Waals surface area contributed by atoms with Gasteiger partial charge in [-0.15, -0.1) is 0 Å². The van der Waals surface area contributed by atoms with Gasteiger partial charge in [-0.3, -0.25) is 4.79 Å². The Kier molecular flexibility index (Phi) is 2.31. The van der Waals surface area contributed by atoms with Crippen molar-refractivity contribution >= 4 is 11.5 Å². The van der Waals surface area contributed by atoms with Crippen LogP contribution in [0.3, 0.4) is 0 Å². The Morgan fingerprint density at radius 3 is 2.63 bits per heavy atom. The van der Waals surface area contributed by atoms with Crippen LogP contribution in [0.1, 0.15) is 43.6 Å². The molecule has 100 valence electrons. The molecule has 0 amide bonds. The van der Waals surface area contributed by atoms with Gasteiger partial charge in [0.05, 0.1) is 5.54 Å². The number of nitrogens with zero attached hydrogens (tertiary/aromatic N) is 1. The van der Waals surface area contributed by atoms with Crippen molar-refractivity contribution in [2.45, 2.75) is 49.6 Å². The maximum atomic E-state index is 12.6. The number of carbonyl (C=O) groups excluding carboxylic acids is 1. The van der Waals surface area contributed by atoms with E-state index in [9.17, 15) is 4.79 Å². The standard InChI is InChI=1S/C16H20N2O/c17-16(8-9-16)15(19)13-7-10-18(11-5-6-11)14-4-2-1-3-12(13)14/h1-4,11,13H,5-10,17H2. The van der Waals surface area contributed by atoms with E-state index >= 15 is 0 Å². The van der Waals surface area contributed by atoms with E-state index in [4.69, 9.17) is 5.73 Å². The van der Waals surface area contributed by atoms with E-state index in [1.165, 1.54) is 24.1 Å². The summed E-state index contributed by atoms with van der Waals surface area (Å²) in [6, 6.07) is 9.13. The van der Waals surface area contributed by atoms with E-state index in [2.05, 4.69) is 23.1 Å². The number of Topliss-reactive ketones (excluding diaryl/α,β-unsaturated/α-hetero) is 1. The molecule has 1 aromatic rings. The molecular formula is C16H20N2O. The van der Waals surface area contributed by atoms with E-state index in [-0.39, 0.29) is 11.7 Å². The highest BCUT2D eigenvalue weighted by molar-refractivity contribution is 5.97. The van der Waals surface area contributed by atoms with E-state index in [1.54, 1.807) is 0 Å². The van der Waals surface area contributed by atoms with E-state index < -0.39 is 5.54 Å². The van der Waals surface area contributed by atoms with Crippen LogP contribution >= 0.6 is 0 Å². The summed E-state index contributed by atoms with van der Waals surface area (Å²) in [5, 5.41) is 0. The molecule has 0 bridgehead atoms. The van der Waals surface area contributed by atoms with Crippen molar-refractivity contribution in [3.05, 3.63) is 29.8 Å². The van der Waals surface area contributed by atoms with Crippen molar-refractivity contribution in [3.8, 4) is 0 Å². The number of anilines is 1. The zero-order chi connectivity index (χ0) is 13.0. The van der Waals surface area contributed by atoms with Crippen molar-refractivity contribution in [2.75, 3.05) is 11.4 Å². The van der Waals surface area contributed by atoms with Gasteiger partial charge in [0.25, 0.3) is 0 Å². The van der Waals surface area contributed by atoms with Crippen LogP contribution in [0.15, 0.2) is 24.3 Å². The number of ketones is 1. The highest BCUT2D eigenvalue weighted by atomic mass is 16.1. The van der Waals surface area contributed by atoms with E-state index in [1.807, 2.05) is 6.07 Å². The average molecular weight is 256 g/mol. The molecule has 3 nitrogen and oxygen atoms in total. The molecule has 1 heterocycles. The minimum atomic E-state index is -0.500. The van der Waals surface area contributed by atoms with Crippen molar-refractivity contribution < 1.29 is 4.79 Å². The summed E-state index contributed by atoms with van der Waals surface area (Å²) in [5.74, 6) is 0.300. The fraction of sp³-hybridized carbons (Fsp3) is 0.562. The maximum absolute atomic E-state index is 12.6. The van der Waals surface area contributed by atoms with Crippen LogP contribution in [0.5, 0.6) is 0 Å². The lowest BCUT2D eigenvalue weighted by atomic mass is 9.83. The molecule has 0 radical (unpaired) electrons. The van der Waals surface area contributed by atoms with Crippen molar-refractivity contribution in [2.24, 2.45) is 5.73 Å². The van der Waals surface area contributed by atoms with Gasteiger partial charge in [-0.25, -0.2) is 0 Å². The number of hydrogen-bond acceptors (Lipinski definition) is 3. The Bertz CT molecular complexity index is 531. The van der Waals surface area contributed by atoms with Crippen LogP contribution in [0.4, 0.5) is 5.69 Å². The summed E-state index contributed by atoms with van der Waals surface area (Å²) < 4.78 is 0. The van der Waals surface area contributed by atoms with Gasteiger partial charge in [-0.1, -0.05) is 18.2 Å². The van der Waals surface area contributed by atoms with Gasteiger partial charge in [0.2, 0.25) is 0 Å². The Morgan fingerprint density at radius 2 is 1.95 bits per heavy atom. The average Bonchev–Trinajstić information content (AvgIpc) is 3.33. The molecule has 1 atom stereocenters. The molecule has 3 aliphatic rings. The molecule has 0 saturated heterocycles. The molecule has 2 N–H and O–H groups in total. The molecule has 1 aromatic carbocycles. The maximum Gasteiger partial charge on any atom is 0.160 e. The van der Waals surface area contributed by atoms with E-state index in [0.29, 0.717) is 6.04 Å². The van der Waals surface area contributed by atoms with Crippen LogP contribution in [0, 0.1) is 0 Å². The van der Waals surface area contributed by atoms with Crippen LogP contribution in [-0.4, -0.2) is 23.9 Å². The highest BCUT2D eigenvalue weighted by Gasteiger charge is 2.50. The van der Waals surface area contributed by atoms with Crippen LogP contribution in [0.25, 0.3) is 0 Å². The number of rotatable bonds is 3. The van der Waals surface area contributed by atoms with Crippen LogP contribution in [0.2, 0.25) is 0 Å². The molecule has 4 rings (SSSR count). The zero-order valence-electron chi connectivity index (χ0n) is 11.1. The minimum absolute atomic E-state index is 0.0266. The van der Waals surface area contributed by atoms with Gasteiger partial charge in [0, 0.05) is 24.2 Å². The number of fused-ring (bicyclic) bond motifs is 1. The summed E-state index contributed by atoms with van der Waals surface area (Å²) in [6.07, 6.45) is 5.28. The van der Waals surface area contributed by atoms with Gasteiger partial charge in [0.15, 0.2) is 5.78 Å². The smallest absolute Gasteiger partial charge is 0.160 e. The fourth-order valence-corrected chi connectivity index (χ4v) is 3.35. The lowest BCUT2D eigenvalue weighted by molar-refractivity contribution is -0.122. The summed E-state index contributed by atoms with van der Waals surface area (Å²) in [6.45, 7) is 1.01. The number of nitrogens with two attached hydrogens (primary N) is 1. The first-order valence-corrected chi connectivity index (χ1v) is 7.38. The Morgan fingerprint density at radius 1 is 1.21 bits per heavy atom. The third-order valence-electron chi connectivity index (χ3n) is 4.86. The Labute approximate surface area is 113 Å². The molecule has 2 aliphatic carbocycles. The zero-order valence-corrected chi connectivity index (χ0v) is 11.1. The predicted molar refractivity (Wildman–Crippen MR) is 75.3 cm³/mol. The van der Waals surface area contributed by atoms with Crippen molar-refractivity contribution in [3.63, 3.8) is 0 Å². The van der Waals surface area contributed by atoms with E-state index in [0.717, 1.165) is 25.8 Å². The fourth-order valence-electron chi connectivity index (χ4n) is 3.35. The third-order valence-corrected chi connectivity index (χ3v) is 4.86. The number of benzene rings is 1. The van der Waals surface area contributed by atoms with Gasteiger partial charge in [-0.2, -0.15) is 0 Å². The van der Waals surface area contributed by atoms with Crippen molar-refractivity contribution in [1.29, 1.82) is 0 Å². The van der Waals surface area contributed by atoms with Crippen molar-refractivity contribution in [1.82, 2.24) is 0 Å². The molecule has 0 aromatic heterocycles. The normalized spacial score (nSPS) is 27.8. The molecule has 3 heteroatoms. The molecule has 1 unspecified atom stereocenters. The second-order valence-corrected chi connectivity index (χ2v) is 6.35. The van der Waals surface area contributed by atoms with Gasteiger partial charge in [0.1, 0.15) is 0 Å². The van der Waals surface area contributed by atoms with Gasteiger partial charge in [-0.05, 0) is 43.7 Å². The first kappa shape index (κ1) is 11.5. The minimum Gasteiger partial charge on any atom is -0.368 e. The monoisotopic (exact) mass is 256 g/mol. The largest absolute Gasteiger partial charge is 0.368 e. The molecule has 1 aliphatic heterocycles. The SMILES string of the molecule is NC1(C(=O)C2CCN(C3CC3)c3ccccc32)CC1. The number of hydrogen-bond donors (Lipinski definition) is 1. The summed E-state index contributed by atoms with van der Waals surface area (Å²) in [5.41, 5.74) is 8.11. The Hall–Kier alpha value is -1.35. The van der Waals surface area contributed by atoms with Gasteiger partial charge >= 0.3 is 0 Å². The molecular weight excluding hydrogens is 236 g/mol. The first-order valence-electron chi connectivity index (χ1n) is 7.38. The lowest BCUT2D eigenvalue weighted by Crippen LogP contribution is -2.41. The summed E-state index contributed by atoms with van der Waals surface area (Å²) in [4.78, 5) is 15.1. The van der Waals surface area contributed by atoms with Crippen LogP contribution < -0.4 is 10.6 Å². The molecule has 19 heavy (non-hydrogen) atoms. The predicted octanol–water partition coefficient (Wildman–Crippen LogP) is 2.20. The number of para-hydroxylation sites is 1. The second kappa shape index (κ2) is 3.83. The molecule has 0 spiro atoms. The lowest BCUT2D eigenvalue weighted by Gasteiger charge is -2.36. The van der Waals surface area contributed by atoms with Crippen LogP contribution in [-0.2, 0) is 4.79 Å². The van der Waals surface area contributed by atoms with Gasteiger partial charge < -0.3 is 10.6 Å². The quantitative estimate of drug-likeness (QED) is 0.902. The Balaban J connectivity index is 1.70. The summed E-state index contributed by atoms with van der Waals surface area (Å²) in [7, 11) is 0. The first-order chi connectivity index (χ1) is 9.19. The number of carbonyl (C=O) groups is 1. The summed E-state index contributed by atoms with van der Waals surface area (Å²) >= 11 is 0.